The van der Waals surface area contributed by atoms with Crippen molar-refractivity contribution in [1.82, 2.24) is 0 Å². The fraction of sp³-hybridized carbons (Fsp3) is 0.143. The van der Waals surface area contributed by atoms with E-state index in [4.69, 9.17) is 9.84 Å². The molecule has 1 aromatic rings. The topological polar surface area (TPSA) is 72.8 Å². The van der Waals surface area contributed by atoms with Crippen LogP contribution in [0.1, 0.15) is 11.1 Å². The smallest absolute Gasteiger partial charge is 0.330 e. The summed E-state index contributed by atoms with van der Waals surface area (Å²) in [5.74, 6) is -0.955. The Labute approximate surface area is 110 Å². The zero-order valence-electron chi connectivity index (χ0n) is 10.6. The summed E-state index contributed by atoms with van der Waals surface area (Å²) in [5, 5.41) is 8.61. The average Bonchev–Trinajstić information content (AvgIpc) is 2.42. The van der Waals surface area contributed by atoms with Crippen molar-refractivity contribution < 1.29 is 24.2 Å². The molecule has 1 aromatic carbocycles. The molecule has 0 heterocycles. The Morgan fingerprint density at radius 1 is 1.16 bits per heavy atom. The number of carbonyl (C=O) groups excluding carboxylic acids is 1. The van der Waals surface area contributed by atoms with Crippen LogP contribution in [0.3, 0.4) is 0 Å². The molecule has 5 heteroatoms. The van der Waals surface area contributed by atoms with Gasteiger partial charge < -0.3 is 14.6 Å². The van der Waals surface area contributed by atoms with Gasteiger partial charge in [0.05, 0.1) is 14.2 Å². The van der Waals surface area contributed by atoms with Gasteiger partial charge in [-0.2, -0.15) is 0 Å². The van der Waals surface area contributed by atoms with Crippen molar-refractivity contribution in [2.45, 2.75) is 0 Å². The molecule has 0 aromatic heterocycles. The molecular weight excluding hydrogens is 248 g/mol. The van der Waals surface area contributed by atoms with Gasteiger partial charge in [-0.1, -0.05) is 6.07 Å². The fourth-order valence-electron chi connectivity index (χ4n) is 1.38. The molecule has 0 unspecified atom stereocenters. The Bertz CT molecular complexity index is 529. The third kappa shape index (κ3) is 4.67. The summed E-state index contributed by atoms with van der Waals surface area (Å²) in [7, 11) is 2.79. The standard InChI is InChI=1S/C14H14O5/c1-18-12-6-3-10(4-8-14(17)19-2)9-11(12)5-7-13(15)16/h3-9H,1-2H3,(H,15,16)/b7-5+,8-4?. The van der Waals surface area contributed by atoms with E-state index in [0.29, 0.717) is 11.3 Å². The predicted octanol–water partition coefficient (Wildman–Crippen LogP) is 1.98. The first-order chi connectivity index (χ1) is 9.06. The van der Waals surface area contributed by atoms with Gasteiger partial charge in [-0.25, -0.2) is 9.59 Å². The first-order valence-electron chi connectivity index (χ1n) is 5.42. The van der Waals surface area contributed by atoms with Crippen molar-refractivity contribution in [3.05, 3.63) is 41.5 Å². The molecule has 0 saturated heterocycles. The lowest BCUT2D eigenvalue weighted by Crippen LogP contribution is -1.93. The molecule has 5 nitrogen and oxygen atoms in total. The van der Waals surface area contributed by atoms with E-state index in [0.717, 1.165) is 11.6 Å². The fourth-order valence-corrected chi connectivity index (χ4v) is 1.38. The largest absolute Gasteiger partial charge is 0.496 e. The molecule has 1 rings (SSSR count). The highest BCUT2D eigenvalue weighted by molar-refractivity contribution is 5.88. The van der Waals surface area contributed by atoms with Gasteiger partial charge in [0.25, 0.3) is 0 Å². The summed E-state index contributed by atoms with van der Waals surface area (Å²) >= 11 is 0. The number of carboxylic acids is 1. The average molecular weight is 262 g/mol. The lowest BCUT2D eigenvalue weighted by molar-refractivity contribution is -0.135. The maximum Gasteiger partial charge on any atom is 0.330 e. The summed E-state index contributed by atoms with van der Waals surface area (Å²) in [6.45, 7) is 0. The number of hydrogen-bond donors (Lipinski definition) is 1. The molecule has 0 atom stereocenters. The number of aliphatic carboxylic acids is 1. The highest BCUT2D eigenvalue weighted by Crippen LogP contribution is 2.22. The predicted molar refractivity (Wildman–Crippen MR) is 70.7 cm³/mol. The van der Waals surface area contributed by atoms with E-state index < -0.39 is 11.9 Å². The van der Waals surface area contributed by atoms with Gasteiger partial charge in [-0.3, -0.25) is 0 Å². The van der Waals surface area contributed by atoms with E-state index >= 15 is 0 Å². The third-order valence-electron chi connectivity index (χ3n) is 2.27. The Kier molecular flexibility index (Phi) is 5.35. The molecule has 0 saturated carbocycles. The second-order valence-electron chi connectivity index (χ2n) is 3.53. The SMILES string of the molecule is COC(=O)C=Cc1ccc(OC)c(/C=C/C(=O)O)c1. The first-order valence-corrected chi connectivity index (χ1v) is 5.42. The second kappa shape index (κ2) is 7.00. The Hall–Kier alpha value is -2.56. The highest BCUT2D eigenvalue weighted by atomic mass is 16.5. The van der Waals surface area contributed by atoms with Crippen LogP contribution in [0.15, 0.2) is 30.4 Å². The number of ether oxygens (including phenoxy) is 2. The minimum atomic E-state index is -1.04. The molecule has 19 heavy (non-hydrogen) atoms. The molecular formula is C14H14O5. The van der Waals surface area contributed by atoms with E-state index in [1.54, 1.807) is 24.3 Å². The summed E-state index contributed by atoms with van der Waals surface area (Å²) < 4.78 is 9.60. The molecule has 0 aliphatic rings. The van der Waals surface area contributed by atoms with Crippen LogP contribution in [-0.2, 0) is 14.3 Å². The Balaban J connectivity index is 3.04. The monoisotopic (exact) mass is 262 g/mol. The van der Waals surface area contributed by atoms with E-state index in [1.165, 1.54) is 26.4 Å². The summed E-state index contributed by atoms with van der Waals surface area (Å²) in [4.78, 5) is 21.5. The first kappa shape index (κ1) is 14.5. The molecule has 0 bridgehead atoms. The van der Waals surface area contributed by atoms with Crippen molar-refractivity contribution in [1.29, 1.82) is 0 Å². The molecule has 0 fully saturated rings. The number of carbonyl (C=O) groups is 2. The van der Waals surface area contributed by atoms with Crippen LogP contribution in [0.4, 0.5) is 0 Å². The Morgan fingerprint density at radius 3 is 2.47 bits per heavy atom. The zero-order valence-corrected chi connectivity index (χ0v) is 10.6. The molecule has 0 spiro atoms. The van der Waals surface area contributed by atoms with Crippen LogP contribution in [0.2, 0.25) is 0 Å². The summed E-state index contributed by atoms with van der Waals surface area (Å²) in [5.41, 5.74) is 1.34. The number of hydrogen-bond acceptors (Lipinski definition) is 4. The van der Waals surface area contributed by atoms with Crippen LogP contribution in [0.5, 0.6) is 5.75 Å². The van der Waals surface area contributed by atoms with E-state index in [2.05, 4.69) is 4.74 Å². The molecule has 0 amide bonds. The van der Waals surface area contributed by atoms with Crippen molar-refractivity contribution in [2.24, 2.45) is 0 Å². The van der Waals surface area contributed by atoms with E-state index in [9.17, 15) is 9.59 Å². The number of rotatable bonds is 5. The number of benzene rings is 1. The minimum absolute atomic E-state index is 0.460. The van der Waals surface area contributed by atoms with Gasteiger partial charge in [0.2, 0.25) is 0 Å². The molecule has 1 N–H and O–H groups in total. The number of methoxy groups -OCH3 is 2. The zero-order chi connectivity index (χ0) is 14.3. The van der Waals surface area contributed by atoms with Gasteiger partial charge in [0.1, 0.15) is 5.75 Å². The van der Waals surface area contributed by atoms with Gasteiger partial charge >= 0.3 is 11.9 Å². The number of carboxylic acid groups (broad SMARTS) is 1. The van der Waals surface area contributed by atoms with Crippen molar-refractivity contribution in [3.63, 3.8) is 0 Å². The van der Waals surface area contributed by atoms with Crippen molar-refractivity contribution >= 4 is 24.1 Å². The van der Waals surface area contributed by atoms with Crippen LogP contribution in [-0.4, -0.2) is 31.3 Å². The normalized spacial score (nSPS) is 10.8. The van der Waals surface area contributed by atoms with E-state index in [1.807, 2.05) is 0 Å². The minimum Gasteiger partial charge on any atom is -0.496 e. The van der Waals surface area contributed by atoms with Gasteiger partial charge in [-0.15, -0.1) is 0 Å². The van der Waals surface area contributed by atoms with Crippen molar-refractivity contribution in [3.8, 4) is 5.75 Å². The summed E-state index contributed by atoms with van der Waals surface area (Å²) in [6, 6.07) is 5.15. The van der Waals surface area contributed by atoms with Gasteiger partial charge in [-0.05, 0) is 29.8 Å². The highest BCUT2D eigenvalue weighted by Gasteiger charge is 2.01. The quantitative estimate of drug-likeness (QED) is 0.648. The van der Waals surface area contributed by atoms with Crippen LogP contribution >= 0.6 is 0 Å². The van der Waals surface area contributed by atoms with E-state index in [-0.39, 0.29) is 0 Å². The molecule has 100 valence electrons. The van der Waals surface area contributed by atoms with Crippen molar-refractivity contribution in [2.75, 3.05) is 14.2 Å². The summed E-state index contributed by atoms with van der Waals surface area (Å²) in [6.07, 6.45) is 5.30. The lowest BCUT2D eigenvalue weighted by atomic mass is 10.1. The van der Waals surface area contributed by atoms with Gasteiger partial charge in [0.15, 0.2) is 0 Å². The maximum atomic E-state index is 11.0. The third-order valence-corrected chi connectivity index (χ3v) is 2.27. The lowest BCUT2D eigenvalue weighted by Gasteiger charge is -2.05. The maximum absolute atomic E-state index is 11.0. The molecule has 0 aliphatic carbocycles. The van der Waals surface area contributed by atoms with Crippen LogP contribution in [0, 0.1) is 0 Å². The molecule has 0 aliphatic heterocycles. The van der Waals surface area contributed by atoms with Gasteiger partial charge in [0, 0.05) is 17.7 Å². The number of esters is 1. The second-order valence-corrected chi connectivity index (χ2v) is 3.53. The van der Waals surface area contributed by atoms with Crippen LogP contribution in [0.25, 0.3) is 12.2 Å². The Morgan fingerprint density at radius 2 is 1.89 bits per heavy atom. The van der Waals surface area contributed by atoms with Crippen LogP contribution < -0.4 is 4.74 Å². The molecule has 0 radical (unpaired) electrons.